The van der Waals surface area contributed by atoms with Crippen molar-refractivity contribution in [1.82, 2.24) is 10.3 Å². The molecule has 0 spiro atoms. The van der Waals surface area contributed by atoms with Crippen molar-refractivity contribution < 1.29 is 19.1 Å². The molecule has 0 radical (unpaired) electrons. The molecule has 0 aliphatic carbocycles. The van der Waals surface area contributed by atoms with Crippen molar-refractivity contribution in [1.29, 1.82) is 0 Å². The number of amides is 1. The fraction of sp³-hybridized carbons (Fsp3) is 0.545. The van der Waals surface area contributed by atoms with Gasteiger partial charge < -0.3 is 14.8 Å². The van der Waals surface area contributed by atoms with E-state index in [-0.39, 0.29) is 24.1 Å². The number of aryl methyl sites for hydroxylation is 2. The van der Waals surface area contributed by atoms with Gasteiger partial charge in [0.05, 0.1) is 5.69 Å². The van der Waals surface area contributed by atoms with E-state index in [1.54, 1.807) is 20.8 Å². The standard InChI is InChI=1S/C11H16N2O4/c1-6(4-5-9(14)15)12-11(16)10-7(2)13-8(3)17-10/h6H,4-5H2,1-3H3,(H,12,16)(H,14,15). The number of nitrogens with zero attached hydrogens (tertiary/aromatic N) is 1. The first-order valence-corrected chi connectivity index (χ1v) is 5.37. The first kappa shape index (κ1) is 13.2. The predicted octanol–water partition coefficient (Wildman–Crippen LogP) is 1.27. The maximum absolute atomic E-state index is 11.7. The third-order valence-electron chi connectivity index (χ3n) is 2.28. The average molecular weight is 240 g/mol. The lowest BCUT2D eigenvalue weighted by Crippen LogP contribution is -2.33. The van der Waals surface area contributed by atoms with Crippen molar-refractivity contribution in [2.45, 2.75) is 39.7 Å². The molecule has 0 bridgehead atoms. The minimum absolute atomic E-state index is 0.0237. The van der Waals surface area contributed by atoms with E-state index in [0.29, 0.717) is 18.0 Å². The van der Waals surface area contributed by atoms with Gasteiger partial charge in [-0.2, -0.15) is 0 Å². The van der Waals surface area contributed by atoms with Crippen molar-refractivity contribution in [3.05, 3.63) is 17.3 Å². The number of aliphatic carboxylic acids is 1. The Hall–Kier alpha value is -1.85. The van der Waals surface area contributed by atoms with E-state index in [1.807, 2.05) is 0 Å². The van der Waals surface area contributed by atoms with Crippen molar-refractivity contribution in [2.75, 3.05) is 0 Å². The molecule has 0 aliphatic rings. The molecule has 17 heavy (non-hydrogen) atoms. The average Bonchev–Trinajstić information content (AvgIpc) is 2.55. The smallest absolute Gasteiger partial charge is 0.303 e. The number of carbonyl (C=O) groups excluding carboxylic acids is 1. The Morgan fingerprint density at radius 3 is 2.59 bits per heavy atom. The third-order valence-corrected chi connectivity index (χ3v) is 2.28. The van der Waals surface area contributed by atoms with Crippen molar-refractivity contribution >= 4 is 11.9 Å². The van der Waals surface area contributed by atoms with Gasteiger partial charge in [0.25, 0.3) is 5.91 Å². The summed E-state index contributed by atoms with van der Waals surface area (Å²) < 4.78 is 5.16. The van der Waals surface area contributed by atoms with Crippen LogP contribution in [0.25, 0.3) is 0 Å². The number of rotatable bonds is 5. The van der Waals surface area contributed by atoms with E-state index < -0.39 is 5.97 Å². The number of nitrogens with one attached hydrogen (secondary N) is 1. The molecule has 6 nitrogen and oxygen atoms in total. The number of carboxylic acids is 1. The van der Waals surface area contributed by atoms with Crippen LogP contribution in [0.15, 0.2) is 4.42 Å². The molecule has 1 heterocycles. The van der Waals surface area contributed by atoms with E-state index in [4.69, 9.17) is 9.52 Å². The van der Waals surface area contributed by atoms with Crippen LogP contribution in [0.1, 0.15) is 41.9 Å². The van der Waals surface area contributed by atoms with E-state index in [9.17, 15) is 9.59 Å². The highest BCUT2D eigenvalue weighted by Gasteiger charge is 2.17. The predicted molar refractivity (Wildman–Crippen MR) is 59.8 cm³/mol. The Kier molecular flexibility index (Phi) is 4.25. The summed E-state index contributed by atoms with van der Waals surface area (Å²) in [5.74, 6) is -0.616. The molecule has 1 aromatic heterocycles. The lowest BCUT2D eigenvalue weighted by Gasteiger charge is -2.11. The SMILES string of the molecule is Cc1nc(C)c(C(=O)NC(C)CCC(=O)O)o1. The Morgan fingerprint density at radius 2 is 2.12 bits per heavy atom. The van der Waals surface area contributed by atoms with E-state index >= 15 is 0 Å². The zero-order valence-corrected chi connectivity index (χ0v) is 10.1. The van der Waals surface area contributed by atoms with Crippen LogP contribution in [0.4, 0.5) is 0 Å². The monoisotopic (exact) mass is 240 g/mol. The Morgan fingerprint density at radius 1 is 1.47 bits per heavy atom. The first-order valence-electron chi connectivity index (χ1n) is 5.37. The van der Waals surface area contributed by atoms with Gasteiger partial charge in [-0.25, -0.2) is 4.98 Å². The third kappa shape index (κ3) is 3.90. The first-order chi connectivity index (χ1) is 7.90. The molecule has 1 rings (SSSR count). The highest BCUT2D eigenvalue weighted by Crippen LogP contribution is 2.09. The molecule has 0 aliphatic heterocycles. The molecule has 0 saturated carbocycles. The van der Waals surface area contributed by atoms with Gasteiger partial charge in [-0.15, -0.1) is 0 Å². The molecular formula is C11H16N2O4. The van der Waals surface area contributed by atoms with Gasteiger partial charge in [-0.05, 0) is 20.3 Å². The van der Waals surface area contributed by atoms with Crippen LogP contribution in [0.2, 0.25) is 0 Å². The minimum Gasteiger partial charge on any atom is -0.481 e. The second-order valence-corrected chi connectivity index (χ2v) is 3.95. The summed E-state index contributed by atoms with van der Waals surface area (Å²) in [6, 6.07) is -0.219. The molecular weight excluding hydrogens is 224 g/mol. The molecule has 1 aromatic rings. The lowest BCUT2D eigenvalue weighted by molar-refractivity contribution is -0.137. The Balaban J connectivity index is 2.54. The number of hydrogen-bond acceptors (Lipinski definition) is 4. The van der Waals surface area contributed by atoms with Crippen molar-refractivity contribution in [2.24, 2.45) is 0 Å². The minimum atomic E-state index is -0.877. The van der Waals surface area contributed by atoms with Crippen molar-refractivity contribution in [3.8, 4) is 0 Å². The number of hydrogen-bond donors (Lipinski definition) is 2. The highest BCUT2D eigenvalue weighted by molar-refractivity contribution is 5.92. The molecule has 0 aromatic carbocycles. The van der Waals surface area contributed by atoms with E-state index in [2.05, 4.69) is 10.3 Å². The van der Waals surface area contributed by atoms with Crippen LogP contribution in [0, 0.1) is 13.8 Å². The summed E-state index contributed by atoms with van der Waals surface area (Å²) in [7, 11) is 0. The van der Waals surface area contributed by atoms with Crippen LogP contribution in [-0.2, 0) is 4.79 Å². The second-order valence-electron chi connectivity index (χ2n) is 3.95. The summed E-state index contributed by atoms with van der Waals surface area (Å²) in [5.41, 5.74) is 0.533. The van der Waals surface area contributed by atoms with Gasteiger partial charge in [-0.1, -0.05) is 0 Å². The van der Waals surface area contributed by atoms with Crippen LogP contribution in [-0.4, -0.2) is 28.0 Å². The molecule has 1 unspecified atom stereocenters. The molecule has 1 atom stereocenters. The Bertz CT molecular complexity index is 425. The summed E-state index contributed by atoms with van der Waals surface area (Å²) >= 11 is 0. The largest absolute Gasteiger partial charge is 0.481 e. The molecule has 2 N–H and O–H groups in total. The quantitative estimate of drug-likeness (QED) is 0.808. The molecule has 0 fully saturated rings. The van der Waals surface area contributed by atoms with Gasteiger partial charge >= 0.3 is 5.97 Å². The van der Waals surface area contributed by atoms with Crippen LogP contribution in [0.3, 0.4) is 0 Å². The van der Waals surface area contributed by atoms with E-state index in [1.165, 1.54) is 0 Å². The normalized spacial score (nSPS) is 12.2. The van der Waals surface area contributed by atoms with Gasteiger partial charge in [0.15, 0.2) is 5.89 Å². The summed E-state index contributed by atoms with van der Waals surface area (Å²) in [6.45, 7) is 5.10. The molecule has 6 heteroatoms. The topological polar surface area (TPSA) is 92.4 Å². The molecule has 94 valence electrons. The van der Waals surface area contributed by atoms with Crippen LogP contribution >= 0.6 is 0 Å². The molecule has 0 saturated heterocycles. The number of aromatic nitrogens is 1. The summed E-state index contributed by atoms with van der Waals surface area (Å²) in [4.78, 5) is 26.1. The van der Waals surface area contributed by atoms with Gasteiger partial charge in [0.2, 0.25) is 5.76 Å². The Labute approximate surface area is 99.0 Å². The maximum atomic E-state index is 11.7. The van der Waals surface area contributed by atoms with E-state index in [0.717, 1.165) is 0 Å². The highest BCUT2D eigenvalue weighted by atomic mass is 16.4. The van der Waals surface area contributed by atoms with Gasteiger partial charge in [0.1, 0.15) is 0 Å². The van der Waals surface area contributed by atoms with Crippen LogP contribution in [0.5, 0.6) is 0 Å². The van der Waals surface area contributed by atoms with Crippen LogP contribution < -0.4 is 5.32 Å². The summed E-state index contributed by atoms with van der Waals surface area (Å²) in [6.07, 6.45) is 0.406. The second kappa shape index (κ2) is 5.47. The summed E-state index contributed by atoms with van der Waals surface area (Å²) in [5, 5.41) is 11.2. The maximum Gasteiger partial charge on any atom is 0.303 e. The number of carbonyl (C=O) groups is 2. The zero-order valence-electron chi connectivity index (χ0n) is 10.1. The number of oxazole rings is 1. The lowest BCUT2D eigenvalue weighted by atomic mass is 10.2. The molecule has 1 amide bonds. The van der Waals surface area contributed by atoms with Gasteiger partial charge in [0, 0.05) is 19.4 Å². The number of carboxylic acid groups (broad SMARTS) is 1. The fourth-order valence-electron chi connectivity index (χ4n) is 1.44. The van der Waals surface area contributed by atoms with Gasteiger partial charge in [-0.3, -0.25) is 9.59 Å². The fourth-order valence-corrected chi connectivity index (χ4v) is 1.44. The zero-order chi connectivity index (χ0) is 13.0. The van der Waals surface area contributed by atoms with Crippen molar-refractivity contribution in [3.63, 3.8) is 0 Å².